The van der Waals surface area contributed by atoms with Gasteiger partial charge in [-0.25, -0.2) is 8.78 Å². The molecule has 1 heterocycles. The standard InChI is InChI=1S/C15H16F4N2O3/c16-14(17)15(18,19)10-24-12-3-4-13(21(22)23)11(9-12)5-8-20-6-1-2-7-20/h3-5,8-9,14H,1-2,6-7,10H2/b8-5+. The van der Waals surface area contributed by atoms with Gasteiger partial charge in [0.2, 0.25) is 0 Å². The molecule has 1 aromatic rings. The summed E-state index contributed by atoms with van der Waals surface area (Å²) in [5, 5.41) is 11.0. The maximum Gasteiger partial charge on any atom is 0.340 e. The van der Waals surface area contributed by atoms with E-state index in [2.05, 4.69) is 4.74 Å². The first-order valence-corrected chi connectivity index (χ1v) is 7.29. The van der Waals surface area contributed by atoms with Crippen LogP contribution in [0.15, 0.2) is 24.4 Å². The van der Waals surface area contributed by atoms with Crippen molar-refractivity contribution >= 4 is 11.8 Å². The lowest BCUT2D eigenvalue weighted by Gasteiger charge is -2.16. The molecule has 24 heavy (non-hydrogen) atoms. The molecule has 0 bridgehead atoms. The van der Waals surface area contributed by atoms with E-state index in [0.29, 0.717) is 0 Å². The number of nitro groups is 1. The molecule has 5 nitrogen and oxygen atoms in total. The highest BCUT2D eigenvalue weighted by atomic mass is 19.3. The summed E-state index contributed by atoms with van der Waals surface area (Å²) >= 11 is 0. The van der Waals surface area contributed by atoms with Gasteiger partial charge in [0.05, 0.1) is 10.5 Å². The third-order valence-corrected chi connectivity index (χ3v) is 3.55. The van der Waals surface area contributed by atoms with Gasteiger partial charge < -0.3 is 9.64 Å². The summed E-state index contributed by atoms with van der Waals surface area (Å²) in [6.45, 7) is 0.167. The predicted molar refractivity (Wildman–Crippen MR) is 79.4 cm³/mol. The lowest BCUT2D eigenvalue weighted by Crippen LogP contribution is -2.33. The van der Waals surface area contributed by atoms with Crippen molar-refractivity contribution in [3.8, 4) is 5.75 Å². The van der Waals surface area contributed by atoms with Crippen LogP contribution in [-0.4, -0.2) is 41.9 Å². The van der Waals surface area contributed by atoms with Crippen molar-refractivity contribution in [2.45, 2.75) is 25.2 Å². The zero-order chi connectivity index (χ0) is 17.7. The summed E-state index contributed by atoms with van der Waals surface area (Å²) in [4.78, 5) is 12.4. The van der Waals surface area contributed by atoms with Crippen molar-refractivity contribution in [3.05, 3.63) is 40.1 Å². The Hall–Kier alpha value is -2.32. The van der Waals surface area contributed by atoms with Gasteiger partial charge in [0, 0.05) is 19.2 Å². The molecule has 0 amide bonds. The molecular formula is C15H16F4N2O3. The fourth-order valence-electron chi connectivity index (χ4n) is 2.24. The molecule has 1 aliphatic heterocycles. The minimum atomic E-state index is -4.28. The van der Waals surface area contributed by atoms with Crippen LogP contribution in [0.25, 0.3) is 6.08 Å². The maximum absolute atomic E-state index is 12.9. The molecular weight excluding hydrogens is 332 g/mol. The minimum Gasteiger partial charge on any atom is -0.487 e. The molecule has 1 aromatic carbocycles. The predicted octanol–water partition coefficient (Wildman–Crippen LogP) is 3.94. The summed E-state index contributed by atoms with van der Waals surface area (Å²) in [5.74, 6) is -4.42. The van der Waals surface area contributed by atoms with E-state index in [0.717, 1.165) is 38.1 Å². The number of ether oxygens (including phenoxy) is 1. The van der Waals surface area contributed by atoms with Crippen molar-refractivity contribution < 1.29 is 27.2 Å². The topological polar surface area (TPSA) is 55.6 Å². The molecule has 1 saturated heterocycles. The van der Waals surface area contributed by atoms with Gasteiger partial charge in [-0.3, -0.25) is 10.1 Å². The number of likely N-dealkylation sites (tertiary alicyclic amines) is 1. The van der Waals surface area contributed by atoms with Crippen LogP contribution in [0, 0.1) is 10.1 Å². The highest BCUT2D eigenvalue weighted by molar-refractivity contribution is 5.62. The first kappa shape index (κ1) is 18.0. The molecule has 0 aliphatic carbocycles. The Kier molecular flexibility index (Phi) is 5.63. The second-order valence-electron chi connectivity index (χ2n) is 5.39. The number of halogens is 4. The lowest BCUT2D eigenvalue weighted by molar-refractivity contribution is -0.385. The molecule has 0 saturated carbocycles. The highest BCUT2D eigenvalue weighted by Crippen LogP contribution is 2.28. The molecule has 0 unspecified atom stereocenters. The Morgan fingerprint density at radius 1 is 1.33 bits per heavy atom. The Balaban J connectivity index is 2.16. The molecule has 132 valence electrons. The Morgan fingerprint density at radius 2 is 2.00 bits per heavy atom. The number of benzene rings is 1. The van der Waals surface area contributed by atoms with Gasteiger partial charge in [-0.05, 0) is 37.3 Å². The van der Waals surface area contributed by atoms with Crippen LogP contribution in [-0.2, 0) is 0 Å². The van der Waals surface area contributed by atoms with E-state index in [1.54, 1.807) is 6.20 Å². The van der Waals surface area contributed by atoms with Crippen LogP contribution in [0.1, 0.15) is 18.4 Å². The third kappa shape index (κ3) is 4.59. The maximum atomic E-state index is 12.9. The van der Waals surface area contributed by atoms with Crippen LogP contribution in [0.3, 0.4) is 0 Å². The summed E-state index contributed by atoms with van der Waals surface area (Å²) in [6.07, 6.45) is 1.38. The zero-order valence-electron chi connectivity index (χ0n) is 12.6. The van der Waals surface area contributed by atoms with Crippen molar-refractivity contribution in [1.82, 2.24) is 4.90 Å². The van der Waals surface area contributed by atoms with Crippen LogP contribution in [0.2, 0.25) is 0 Å². The molecule has 1 aliphatic rings. The van der Waals surface area contributed by atoms with Gasteiger partial charge in [-0.1, -0.05) is 0 Å². The Morgan fingerprint density at radius 3 is 2.58 bits per heavy atom. The van der Waals surface area contributed by atoms with E-state index in [9.17, 15) is 27.7 Å². The van der Waals surface area contributed by atoms with E-state index in [-0.39, 0.29) is 17.0 Å². The summed E-state index contributed by atoms with van der Waals surface area (Å²) in [6, 6.07) is 3.39. The molecule has 2 rings (SSSR count). The van der Waals surface area contributed by atoms with Gasteiger partial charge in [0.15, 0.2) is 6.61 Å². The van der Waals surface area contributed by atoms with Gasteiger partial charge in [0.25, 0.3) is 5.69 Å². The summed E-state index contributed by atoms with van der Waals surface area (Å²) < 4.78 is 54.7. The van der Waals surface area contributed by atoms with Crippen LogP contribution in [0.4, 0.5) is 23.2 Å². The van der Waals surface area contributed by atoms with Gasteiger partial charge in [-0.2, -0.15) is 8.78 Å². The normalized spacial score (nSPS) is 15.5. The number of nitrogens with zero attached hydrogens (tertiary/aromatic N) is 2. The van der Waals surface area contributed by atoms with E-state index < -0.39 is 23.9 Å². The van der Waals surface area contributed by atoms with Gasteiger partial charge in [0.1, 0.15) is 5.75 Å². The zero-order valence-corrected chi connectivity index (χ0v) is 12.6. The molecule has 0 atom stereocenters. The van der Waals surface area contributed by atoms with E-state index >= 15 is 0 Å². The van der Waals surface area contributed by atoms with Gasteiger partial charge >= 0.3 is 12.3 Å². The minimum absolute atomic E-state index is 0.137. The van der Waals surface area contributed by atoms with Crippen molar-refractivity contribution in [2.24, 2.45) is 0 Å². The lowest BCUT2D eigenvalue weighted by atomic mass is 10.1. The SMILES string of the molecule is O=[N+]([O-])c1ccc(OCC(F)(F)C(F)F)cc1/C=C/N1CCCC1. The molecule has 0 spiro atoms. The van der Waals surface area contributed by atoms with Gasteiger partial charge in [-0.15, -0.1) is 0 Å². The summed E-state index contributed by atoms with van der Waals surface area (Å²) in [5.41, 5.74) is -0.0665. The molecule has 9 heteroatoms. The van der Waals surface area contributed by atoms with Crippen LogP contribution >= 0.6 is 0 Å². The molecule has 0 N–H and O–H groups in total. The molecule has 0 aromatic heterocycles. The fourth-order valence-corrected chi connectivity index (χ4v) is 2.24. The quantitative estimate of drug-likeness (QED) is 0.425. The summed E-state index contributed by atoms with van der Waals surface area (Å²) in [7, 11) is 0. The van der Waals surface area contributed by atoms with E-state index in [1.165, 1.54) is 12.1 Å². The third-order valence-electron chi connectivity index (χ3n) is 3.55. The second-order valence-corrected chi connectivity index (χ2v) is 5.39. The fraction of sp³-hybridized carbons (Fsp3) is 0.467. The monoisotopic (exact) mass is 348 g/mol. The number of nitro benzene ring substituents is 1. The van der Waals surface area contributed by atoms with Crippen molar-refractivity contribution in [2.75, 3.05) is 19.7 Å². The number of hydrogen-bond acceptors (Lipinski definition) is 4. The highest BCUT2D eigenvalue weighted by Gasteiger charge is 2.41. The largest absolute Gasteiger partial charge is 0.487 e. The molecule has 0 radical (unpaired) electrons. The smallest absolute Gasteiger partial charge is 0.340 e. The Labute approximate surface area is 135 Å². The van der Waals surface area contributed by atoms with E-state index in [1.807, 2.05) is 4.90 Å². The van der Waals surface area contributed by atoms with Crippen molar-refractivity contribution in [1.29, 1.82) is 0 Å². The Bertz CT molecular complexity index is 617. The van der Waals surface area contributed by atoms with Crippen LogP contribution in [0.5, 0.6) is 5.75 Å². The number of rotatable bonds is 7. The average molecular weight is 348 g/mol. The number of hydrogen-bond donors (Lipinski definition) is 0. The number of alkyl halides is 4. The van der Waals surface area contributed by atoms with Crippen LogP contribution < -0.4 is 4.74 Å². The average Bonchev–Trinajstić information content (AvgIpc) is 3.04. The molecule has 1 fully saturated rings. The second kappa shape index (κ2) is 7.50. The van der Waals surface area contributed by atoms with Crippen molar-refractivity contribution in [3.63, 3.8) is 0 Å². The first-order valence-electron chi connectivity index (χ1n) is 7.29. The first-order chi connectivity index (χ1) is 11.3. The van der Waals surface area contributed by atoms with E-state index in [4.69, 9.17) is 0 Å².